The van der Waals surface area contributed by atoms with Crippen LogP contribution in [0, 0.1) is 13.8 Å². The van der Waals surface area contributed by atoms with Crippen LogP contribution in [0.1, 0.15) is 16.9 Å². The second kappa shape index (κ2) is 5.02. The Balaban J connectivity index is 2.32. The van der Waals surface area contributed by atoms with Crippen LogP contribution in [0.5, 0.6) is 0 Å². The fourth-order valence-corrected chi connectivity index (χ4v) is 2.30. The first-order valence-electron chi connectivity index (χ1n) is 6.73. The Morgan fingerprint density at radius 3 is 2.67 bits per heavy atom. The monoisotopic (exact) mass is 277 g/mol. The van der Waals surface area contributed by atoms with Crippen molar-refractivity contribution < 1.29 is 4.42 Å². The van der Waals surface area contributed by atoms with Gasteiger partial charge in [-0.3, -0.25) is 9.78 Å². The van der Waals surface area contributed by atoms with Crippen LogP contribution in [-0.2, 0) is 0 Å². The van der Waals surface area contributed by atoms with Crippen LogP contribution >= 0.6 is 0 Å². The Morgan fingerprint density at radius 2 is 2.00 bits per heavy atom. The van der Waals surface area contributed by atoms with Crippen molar-refractivity contribution in [1.29, 1.82) is 0 Å². The van der Waals surface area contributed by atoms with E-state index in [0.717, 1.165) is 16.8 Å². The normalized spacial score (nSPS) is 10.8. The van der Waals surface area contributed by atoms with E-state index in [-0.39, 0.29) is 5.43 Å². The molecule has 0 bridgehead atoms. The van der Waals surface area contributed by atoms with Crippen LogP contribution in [0.3, 0.4) is 0 Å². The summed E-state index contributed by atoms with van der Waals surface area (Å²) in [5.74, 6) is 0.641. The molecule has 0 spiro atoms. The van der Waals surface area contributed by atoms with Gasteiger partial charge in [-0.2, -0.15) is 0 Å². The summed E-state index contributed by atoms with van der Waals surface area (Å²) in [5.41, 5.74) is 3.80. The first kappa shape index (κ1) is 13.3. The number of aromatic nitrogens is 1. The summed E-state index contributed by atoms with van der Waals surface area (Å²) in [6.07, 6.45) is 3.49. The maximum atomic E-state index is 12.3. The molecule has 0 amide bonds. The van der Waals surface area contributed by atoms with Gasteiger partial charge in [0.25, 0.3) is 0 Å². The third-order valence-electron chi connectivity index (χ3n) is 3.68. The highest BCUT2D eigenvalue weighted by Gasteiger charge is 2.12. The highest BCUT2D eigenvalue weighted by Crippen LogP contribution is 2.27. The lowest BCUT2D eigenvalue weighted by atomic mass is 10.0. The van der Waals surface area contributed by atoms with Crippen LogP contribution in [0.25, 0.3) is 28.3 Å². The summed E-state index contributed by atoms with van der Waals surface area (Å²) in [6, 6.07) is 9.39. The third-order valence-corrected chi connectivity index (χ3v) is 3.68. The van der Waals surface area contributed by atoms with Crippen molar-refractivity contribution in [1.82, 2.24) is 4.98 Å². The number of aryl methyl sites for hydroxylation is 1. The molecule has 3 aromatic rings. The van der Waals surface area contributed by atoms with Gasteiger partial charge >= 0.3 is 0 Å². The van der Waals surface area contributed by atoms with Crippen LogP contribution in [0.2, 0.25) is 0 Å². The Kier molecular flexibility index (Phi) is 3.18. The van der Waals surface area contributed by atoms with Gasteiger partial charge in [-0.1, -0.05) is 24.8 Å². The molecule has 0 fully saturated rings. The summed E-state index contributed by atoms with van der Waals surface area (Å²) < 4.78 is 5.86. The van der Waals surface area contributed by atoms with Gasteiger partial charge < -0.3 is 4.42 Å². The van der Waals surface area contributed by atoms with Gasteiger partial charge in [0.2, 0.25) is 0 Å². The molecule has 0 radical (unpaired) electrons. The first-order chi connectivity index (χ1) is 10.1. The minimum Gasteiger partial charge on any atom is -0.460 e. The molecule has 3 nitrogen and oxygen atoms in total. The lowest BCUT2D eigenvalue weighted by Gasteiger charge is -2.07. The second-order valence-corrected chi connectivity index (χ2v) is 4.98. The van der Waals surface area contributed by atoms with Crippen molar-refractivity contribution in [3.8, 4) is 11.3 Å². The summed E-state index contributed by atoms with van der Waals surface area (Å²) in [5, 5.41) is 0.588. The lowest BCUT2D eigenvalue weighted by molar-refractivity contribution is 0.559. The molecule has 3 rings (SSSR count). The van der Waals surface area contributed by atoms with Gasteiger partial charge in [0.1, 0.15) is 11.3 Å². The quantitative estimate of drug-likeness (QED) is 0.707. The molecular formula is C18H15NO2. The highest BCUT2D eigenvalue weighted by molar-refractivity contribution is 5.91. The Hall–Kier alpha value is -2.68. The van der Waals surface area contributed by atoms with Crippen molar-refractivity contribution in [3.63, 3.8) is 0 Å². The predicted octanol–water partition coefficient (Wildman–Crippen LogP) is 4.11. The zero-order valence-electron chi connectivity index (χ0n) is 12.0. The van der Waals surface area contributed by atoms with E-state index in [1.54, 1.807) is 32.2 Å². The largest absolute Gasteiger partial charge is 0.460 e. The number of fused-ring (bicyclic) bond motifs is 1. The van der Waals surface area contributed by atoms with Gasteiger partial charge in [-0.25, -0.2) is 0 Å². The number of hydrogen-bond acceptors (Lipinski definition) is 3. The van der Waals surface area contributed by atoms with Crippen LogP contribution < -0.4 is 5.43 Å². The molecule has 0 atom stereocenters. The molecule has 0 aliphatic carbocycles. The molecule has 0 saturated carbocycles. The maximum absolute atomic E-state index is 12.3. The van der Waals surface area contributed by atoms with Gasteiger partial charge in [0.05, 0.1) is 11.1 Å². The molecular weight excluding hydrogens is 262 g/mol. The van der Waals surface area contributed by atoms with E-state index in [1.807, 2.05) is 24.3 Å². The number of rotatable bonds is 2. The molecule has 2 heterocycles. The first-order valence-corrected chi connectivity index (χ1v) is 6.73. The van der Waals surface area contributed by atoms with E-state index in [1.165, 1.54) is 0 Å². The van der Waals surface area contributed by atoms with Crippen molar-refractivity contribution in [2.45, 2.75) is 13.8 Å². The summed E-state index contributed by atoms with van der Waals surface area (Å²) in [4.78, 5) is 16.8. The smallest absolute Gasteiger partial charge is 0.195 e. The molecule has 1 aromatic carbocycles. The number of pyridine rings is 1. The molecule has 3 heteroatoms. The molecule has 21 heavy (non-hydrogen) atoms. The van der Waals surface area contributed by atoms with Gasteiger partial charge in [-0.15, -0.1) is 0 Å². The van der Waals surface area contributed by atoms with E-state index in [4.69, 9.17) is 4.42 Å². The van der Waals surface area contributed by atoms with E-state index in [9.17, 15) is 4.79 Å². The molecule has 0 aliphatic rings. The van der Waals surface area contributed by atoms with E-state index in [2.05, 4.69) is 11.6 Å². The lowest BCUT2D eigenvalue weighted by Crippen LogP contribution is -2.07. The van der Waals surface area contributed by atoms with Gasteiger partial charge in [0, 0.05) is 17.3 Å². The van der Waals surface area contributed by atoms with Gasteiger partial charge in [-0.05, 0) is 37.6 Å². The zero-order valence-corrected chi connectivity index (χ0v) is 12.0. The Bertz CT molecular complexity index is 889. The summed E-state index contributed by atoms with van der Waals surface area (Å²) in [6.45, 7) is 7.31. The van der Waals surface area contributed by atoms with Gasteiger partial charge in [0.15, 0.2) is 5.43 Å². The SMILES string of the molecule is C=Cc1ccc(-c2cccc3c(=O)c(C)c(C)oc23)nc1. The topological polar surface area (TPSA) is 43.1 Å². The Morgan fingerprint density at radius 1 is 1.19 bits per heavy atom. The van der Waals surface area contributed by atoms with Crippen molar-refractivity contribution in [2.24, 2.45) is 0 Å². The van der Waals surface area contributed by atoms with Crippen molar-refractivity contribution in [2.75, 3.05) is 0 Å². The molecule has 2 aromatic heterocycles. The summed E-state index contributed by atoms with van der Waals surface area (Å²) >= 11 is 0. The zero-order chi connectivity index (χ0) is 15.0. The van der Waals surface area contributed by atoms with E-state index >= 15 is 0 Å². The minimum atomic E-state index is 0.0123. The molecule has 0 N–H and O–H groups in total. The molecule has 0 unspecified atom stereocenters. The maximum Gasteiger partial charge on any atom is 0.195 e. The third kappa shape index (κ3) is 2.17. The summed E-state index contributed by atoms with van der Waals surface area (Å²) in [7, 11) is 0. The molecule has 0 saturated heterocycles. The number of para-hydroxylation sites is 1. The van der Waals surface area contributed by atoms with Crippen LogP contribution in [-0.4, -0.2) is 4.98 Å². The van der Waals surface area contributed by atoms with E-state index < -0.39 is 0 Å². The molecule has 104 valence electrons. The van der Waals surface area contributed by atoms with Crippen LogP contribution in [0.15, 0.2) is 52.3 Å². The fraction of sp³-hybridized carbons (Fsp3) is 0.111. The Labute approximate surface area is 122 Å². The van der Waals surface area contributed by atoms with Crippen molar-refractivity contribution in [3.05, 3.63) is 70.2 Å². The standard InChI is InChI=1S/C18H15NO2/c1-4-13-8-9-16(19-10-13)14-6-5-7-15-17(20)11(2)12(3)21-18(14)15/h4-10H,1H2,2-3H3. The second-order valence-electron chi connectivity index (χ2n) is 4.98. The average molecular weight is 277 g/mol. The highest BCUT2D eigenvalue weighted by atomic mass is 16.3. The number of benzene rings is 1. The minimum absolute atomic E-state index is 0.0123. The van der Waals surface area contributed by atoms with E-state index in [0.29, 0.717) is 22.3 Å². The van der Waals surface area contributed by atoms with Crippen molar-refractivity contribution >= 4 is 17.0 Å². The fourth-order valence-electron chi connectivity index (χ4n) is 2.30. The molecule has 0 aliphatic heterocycles. The number of hydrogen-bond donors (Lipinski definition) is 0. The number of nitrogens with zero attached hydrogens (tertiary/aromatic N) is 1. The predicted molar refractivity (Wildman–Crippen MR) is 85.3 cm³/mol. The van der Waals surface area contributed by atoms with Crippen LogP contribution in [0.4, 0.5) is 0 Å². The average Bonchev–Trinajstić information content (AvgIpc) is 2.52.